The van der Waals surface area contributed by atoms with Crippen LogP contribution in [-0.2, 0) is 4.79 Å². The summed E-state index contributed by atoms with van der Waals surface area (Å²) in [5, 5.41) is 2.68. The maximum absolute atomic E-state index is 12.5. The summed E-state index contributed by atoms with van der Waals surface area (Å²) in [6.07, 6.45) is 0. The fourth-order valence-corrected chi connectivity index (χ4v) is 4.59. The molecule has 0 aliphatic carbocycles. The van der Waals surface area contributed by atoms with Crippen LogP contribution in [0.3, 0.4) is 0 Å². The first-order chi connectivity index (χ1) is 13.7. The smallest absolute Gasteiger partial charge is 0.243 e. The van der Waals surface area contributed by atoms with Crippen LogP contribution in [0.1, 0.15) is 0 Å². The first-order valence-corrected chi connectivity index (χ1v) is 10.5. The van der Waals surface area contributed by atoms with E-state index in [0.717, 1.165) is 33.3 Å². The molecule has 4 rings (SSSR count). The van der Waals surface area contributed by atoms with E-state index >= 15 is 0 Å². The number of amidine groups is 1. The van der Waals surface area contributed by atoms with E-state index in [1.807, 2.05) is 60.0 Å². The number of ether oxygens (including phenoxy) is 2. The molecule has 2 aromatic carbocycles. The third-order valence-electron chi connectivity index (χ3n) is 4.28. The lowest BCUT2D eigenvalue weighted by atomic mass is 10.2. The molecule has 0 atom stereocenters. The highest BCUT2D eigenvalue weighted by atomic mass is 32.2. The number of hydrogen-bond acceptors (Lipinski definition) is 6. The summed E-state index contributed by atoms with van der Waals surface area (Å²) in [4.78, 5) is 19.9. The van der Waals surface area contributed by atoms with E-state index in [1.165, 1.54) is 11.8 Å². The number of methoxy groups -OCH3 is 2. The Kier molecular flexibility index (Phi) is 5.36. The average Bonchev–Trinajstić information content (AvgIpc) is 3.35. The molecule has 1 fully saturated rings. The first kappa shape index (κ1) is 18.6. The van der Waals surface area contributed by atoms with E-state index in [0.29, 0.717) is 10.9 Å². The van der Waals surface area contributed by atoms with Crippen molar-refractivity contribution in [1.29, 1.82) is 0 Å². The summed E-state index contributed by atoms with van der Waals surface area (Å²) < 4.78 is 10.4. The zero-order chi connectivity index (χ0) is 19.5. The molecule has 5 nitrogen and oxygen atoms in total. The Morgan fingerprint density at radius 2 is 1.61 bits per heavy atom. The number of aliphatic imine (C=N–C) groups is 1. The predicted octanol–water partition coefficient (Wildman–Crippen LogP) is 5.20. The number of benzene rings is 2. The van der Waals surface area contributed by atoms with Gasteiger partial charge in [0.25, 0.3) is 0 Å². The Bertz CT molecular complexity index is 1010. The minimum absolute atomic E-state index is 0.0383. The van der Waals surface area contributed by atoms with Crippen molar-refractivity contribution in [2.24, 2.45) is 4.99 Å². The maximum Gasteiger partial charge on any atom is 0.243 e. The van der Waals surface area contributed by atoms with Crippen molar-refractivity contribution in [3.05, 3.63) is 60.0 Å². The number of rotatable bonds is 5. The van der Waals surface area contributed by atoms with Gasteiger partial charge in [-0.2, -0.15) is 0 Å². The molecule has 1 saturated heterocycles. The largest absolute Gasteiger partial charge is 0.497 e. The molecule has 1 aromatic heterocycles. The fourth-order valence-electron chi connectivity index (χ4n) is 2.82. The molecule has 0 radical (unpaired) electrons. The number of thiophene rings is 1. The molecule has 1 aliphatic heterocycles. The second-order valence-electron chi connectivity index (χ2n) is 6.01. The summed E-state index contributed by atoms with van der Waals surface area (Å²) in [6.45, 7) is 0. The van der Waals surface area contributed by atoms with Crippen molar-refractivity contribution in [3.8, 4) is 21.9 Å². The van der Waals surface area contributed by atoms with Gasteiger partial charge in [0.05, 0.1) is 31.3 Å². The van der Waals surface area contributed by atoms with Crippen LogP contribution < -0.4 is 14.4 Å². The van der Waals surface area contributed by atoms with Crippen molar-refractivity contribution < 1.29 is 14.3 Å². The second-order valence-corrected chi connectivity index (χ2v) is 7.86. The van der Waals surface area contributed by atoms with Gasteiger partial charge in [-0.05, 0) is 60.2 Å². The number of nitrogens with zero attached hydrogens (tertiary/aromatic N) is 2. The van der Waals surface area contributed by atoms with Gasteiger partial charge in [0.2, 0.25) is 5.91 Å². The van der Waals surface area contributed by atoms with E-state index in [4.69, 9.17) is 9.47 Å². The SMILES string of the molecule is COc1ccc(N=C2SCC(=O)N2c2csc(-c3ccc(OC)cc3)c2)cc1. The predicted molar refractivity (Wildman–Crippen MR) is 116 cm³/mol. The highest BCUT2D eigenvalue weighted by Gasteiger charge is 2.30. The van der Waals surface area contributed by atoms with Crippen LogP contribution in [0.4, 0.5) is 11.4 Å². The molecule has 7 heteroatoms. The second kappa shape index (κ2) is 8.08. The summed E-state index contributed by atoms with van der Waals surface area (Å²) >= 11 is 3.05. The molecule has 1 amide bonds. The van der Waals surface area contributed by atoms with Gasteiger partial charge in [0.1, 0.15) is 11.5 Å². The zero-order valence-corrected chi connectivity index (χ0v) is 17.0. The lowest BCUT2D eigenvalue weighted by molar-refractivity contribution is -0.115. The quantitative estimate of drug-likeness (QED) is 0.580. The fraction of sp³-hybridized carbons (Fsp3) is 0.143. The Morgan fingerprint density at radius 1 is 0.964 bits per heavy atom. The van der Waals surface area contributed by atoms with Crippen LogP contribution >= 0.6 is 23.1 Å². The van der Waals surface area contributed by atoms with Crippen molar-refractivity contribution in [1.82, 2.24) is 0 Å². The molecule has 0 saturated carbocycles. The van der Waals surface area contributed by atoms with Crippen LogP contribution in [0, 0.1) is 0 Å². The minimum atomic E-state index is 0.0383. The summed E-state index contributed by atoms with van der Waals surface area (Å²) in [6, 6.07) is 17.4. The normalized spacial score (nSPS) is 15.3. The van der Waals surface area contributed by atoms with E-state index in [2.05, 4.69) is 4.99 Å². The first-order valence-electron chi connectivity index (χ1n) is 8.59. The van der Waals surface area contributed by atoms with Gasteiger partial charge in [-0.25, -0.2) is 4.99 Å². The van der Waals surface area contributed by atoms with Gasteiger partial charge < -0.3 is 9.47 Å². The lowest BCUT2D eigenvalue weighted by Gasteiger charge is -2.14. The van der Waals surface area contributed by atoms with E-state index in [9.17, 15) is 4.79 Å². The molecule has 0 unspecified atom stereocenters. The number of hydrogen-bond donors (Lipinski definition) is 0. The van der Waals surface area contributed by atoms with Gasteiger partial charge in [-0.15, -0.1) is 11.3 Å². The zero-order valence-electron chi connectivity index (χ0n) is 15.4. The molecule has 0 spiro atoms. The van der Waals surface area contributed by atoms with Crippen molar-refractivity contribution in [2.75, 3.05) is 24.9 Å². The maximum atomic E-state index is 12.5. The minimum Gasteiger partial charge on any atom is -0.497 e. The molecular weight excluding hydrogens is 392 g/mol. The molecule has 3 aromatic rings. The molecule has 0 bridgehead atoms. The molecule has 142 valence electrons. The van der Waals surface area contributed by atoms with Crippen LogP contribution in [-0.4, -0.2) is 31.0 Å². The average molecular weight is 411 g/mol. The highest BCUT2D eigenvalue weighted by Crippen LogP contribution is 2.36. The number of amides is 1. The molecule has 0 N–H and O–H groups in total. The monoisotopic (exact) mass is 410 g/mol. The Hall–Kier alpha value is -2.77. The summed E-state index contributed by atoms with van der Waals surface area (Å²) in [5.74, 6) is 2.03. The van der Waals surface area contributed by atoms with E-state index in [-0.39, 0.29) is 5.91 Å². The lowest BCUT2D eigenvalue weighted by Crippen LogP contribution is -2.28. The van der Waals surface area contributed by atoms with Crippen LogP contribution in [0.5, 0.6) is 11.5 Å². The molecule has 1 aliphatic rings. The highest BCUT2D eigenvalue weighted by molar-refractivity contribution is 8.15. The third-order valence-corrected chi connectivity index (χ3v) is 6.17. The van der Waals surface area contributed by atoms with Gasteiger partial charge >= 0.3 is 0 Å². The van der Waals surface area contributed by atoms with Crippen molar-refractivity contribution in [2.45, 2.75) is 0 Å². The number of thioether (sulfide) groups is 1. The topological polar surface area (TPSA) is 51.1 Å². The Labute approximate surface area is 171 Å². The number of carbonyl (C=O) groups excluding carboxylic acids is 1. The van der Waals surface area contributed by atoms with Gasteiger partial charge in [0, 0.05) is 10.3 Å². The Balaban J connectivity index is 1.61. The van der Waals surface area contributed by atoms with Gasteiger partial charge in [0.15, 0.2) is 5.17 Å². The molecular formula is C21H18N2O3S2. The van der Waals surface area contributed by atoms with E-state index in [1.54, 1.807) is 30.5 Å². The van der Waals surface area contributed by atoms with Crippen molar-refractivity contribution in [3.63, 3.8) is 0 Å². The number of anilines is 1. The van der Waals surface area contributed by atoms with Gasteiger partial charge in [-0.3, -0.25) is 9.69 Å². The molecule has 28 heavy (non-hydrogen) atoms. The Morgan fingerprint density at radius 3 is 2.25 bits per heavy atom. The standard InChI is InChI=1S/C21H18N2O3S2/c1-25-17-7-3-14(4-8-17)19-11-16(12-27-19)23-20(24)13-28-21(23)22-15-5-9-18(26-2)10-6-15/h3-12H,13H2,1-2H3. The summed E-state index contributed by atoms with van der Waals surface area (Å²) in [5.41, 5.74) is 2.72. The summed E-state index contributed by atoms with van der Waals surface area (Å²) in [7, 11) is 3.28. The molecule has 2 heterocycles. The van der Waals surface area contributed by atoms with Crippen LogP contribution in [0.15, 0.2) is 65.0 Å². The van der Waals surface area contributed by atoms with Crippen molar-refractivity contribution >= 4 is 45.5 Å². The van der Waals surface area contributed by atoms with Crippen LogP contribution in [0.2, 0.25) is 0 Å². The number of carbonyl (C=O) groups is 1. The van der Waals surface area contributed by atoms with E-state index < -0.39 is 0 Å². The third kappa shape index (κ3) is 3.76. The van der Waals surface area contributed by atoms with Gasteiger partial charge in [-0.1, -0.05) is 11.8 Å². The van der Waals surface area contributed by atoms with Crippen LogP contribution in [0.25, 0.3) is 10.4 Å².